The number of nitrogens with zero attached hydrogens (tertiary/aromatic N) is 2. The normalized spacial score (nSPS) is 11.5. The lowest BCUT2D eigenvalue weighted by Crippen LogP contribution is -2.28. The van der Waals surface area contributed by atoms with Gasteiger partial charge in [0, 0.05) is 12.6 Å². The molecular formula is C14H17FN2O4S. The van der Waals surface area contributed by atoms with Crippen molar-refractivity contribution >= 4 is 15.7 Å². The summed E-state index contributed by atoms with van der Waals surface area (Å²) in [5.41, 5.74) is 0.781. The Labute approximate surface area is 128 Å². The van der Waals surface area contributed by atoms with Crippen molar-refractivity contribution in [3.05, 3.63) is 35.0 Å². The van der Waals surface area contributed by atoms with Crippen LogP contribution in [-0.4, -0.2) is 27.7 Å². The summed E-state index contributed by atoms with van der Waals surface area (Å²) in [6.45, 7) is 4.65. The number of aryl methyl sites for hydroxylation is 2. The van der Waals surface area contributed by atoms with Crippen LogP contribution in [-0.2, 0) is 10.0 Å². The molecule has 0 saturated heterocycles. The number of ether oxygens (including phenoxy) is 1. The molecule has 0 bridgehead atoms. The second kappa shape index (κ2) is 5.60. The molecule has 0 fully saturated rings. The Hall–Kier alpha value is -2.09. The molecule has 0 aliphatic heterocycles. The molecule has 6 nitrogen and oxygen atoms in total. The molecule has 8 heteroatoms. The van der Waals surface area contributed by atoms with Crippen LogP contribution in [0.15, 0.2) is 21.6 Å². The number of rotatable bonds is 4. The predicted molar refractivity (Wildman–Crippen MR) is 79.3 cm³/mol. The first kappa shape index (κ1) is 16.3. The van der Waals surface area contributed by atoms with E-state index in [9.17, 15) is 12.8 Å². The highest BCUT2D eigenvalue weighted by Gasteiger charge is 2.29. The average Bonchev–Trinajstić information content (AvgIpc) is 2.79. The largest absolute Gasteiger partial charge is 0.494 e. The Morgan fingerprint density at radius 2 is 1.91 bits per heavy atom. The van der Waals surface area contributed by atoms with Gasteiger partial charge in [0.25, 0.3) is 10.0 Å². The Morgan fingerprint density at radius 1 is 1.27 bits per heavy atom. The third kappa shape index (κ3) is 2.43. The van der Waals surface area contributed by atoms with Crippen molar-refractivity contribution in [1.29, 1.82) is 0 Å². The van der Waals surface area contributed by atoms with Gasteiger partial charge in [0.15, 0.2) is 17.3 Å². The third-order valence-corrected chi connectivity index (χ3v) is 5.37. The Kier molecular flexibility index (Phi) is 4.15. The number of aromatic nitrogens is 1. The van der Waals surface area contributed by atoms with Crippen LogP contribution in [0, 0.1) is 26.6 Å². The van der Waals surface area contributed by atoms with Gasteiger partial charge in [-0.3, -0.25) is 4.31 Å². The van der Waals surface area contributed by atoms with E-state index in [4.69, 9.17) is 9.26 Å². The molecule has 2 aromatic rings. The van der Waals surface area contributed by atoms with Gasteiger partial charge >= 0.3 is 0 Å². The number of hydrogen-bond acceptors (Lipinski definition) is 5. The number of methoxy groups -OCH3 is 1. The molecule has 0 aliphatic carbocycles. The molecule has 0 atom stereocenters. The molecule has 0 radical (unpaired) electrons. The Balaban J connectivity index is 2.59. The summed E-state index contributed by atoms with van der Waals surface area (Å²) in [7, 11) is -1.25. The molecule has 0 N–H and O–H groups in total. The fourth-order valence-corrected chi connectivity index (χ4v) is 3.79. The van der Waals surface area contributed by atoms with E-state index in [1.54, 1.807) is 13.8 Å². The lowest BCUT2D eigenvalue weighted by atomic mass is 10.2. The average molecular weight is 328 g/mol. The molecule has 0 aliphatic rings. The molecule has 1 aromatic heterocycles. The van der Waals surface area contributed by atoms with Gasteiger partial charge in [-0.05, 0) is 32.9 Å². The van der Waals surface area contributed by atoms with E-state index in [1.807, 2.05) is 0 Å². The van der Waals surface area contributed by atoms with Crippen molar-refractivity contribution < 1.29 is 22.1 Å². The monoisotopic (exact) mass is 328 g/mol. The van der Waals surface area contributed by atoms with Gasteiger partial charge in [-0.25, -0.2) is 12.8 Å². The van der Waals surface area contributed by atoms with E-state index in [0.717, 1.165) is 4.31 Å². The zero-order valence-corrected chi connectivity index (χ0v) is 13.8. The molecule has 0 unspecified atom stereocenters. The number of anilines is 1. The summed E-state index contributed by atoms with van der Waals surface area (Å²) in [4.78, 5) is -0.131. The molecule has 0 amide bonds. The first-order chi connectivity index (χ1) is 10.2. The number of sulfonamides is 1. The highest BCUT2D eigenvalue weighted by atomic mass is 32.2. The van der Waals surface area contributed by atoms with Crippen LogP contribution in [0.1, 0.15) is 17.0 Å². The van der Waals surface area contributed by atoms with Crippen LogP contribution >= 0.6 is 0 Å². The van der Waals surface area contributed by atoms with Gasteiger partial charge in [-0.15, -0.1) is 0 Å². The maximum Gasteiger partial charge on any atom is 0.264 e. The third-order valence-electron chi connectivity index (χ3n) is 3.47. The van der Waals surface area contributed by atoms with Gasteiger partial charge < -0.3 is 9.26 Å². The Bertz CT molecular complexity index is 795. The summed E-state index contributed by atoms with van der Waals surface area (Å²) in [6, 6.07) is 2.61. The molecule has 120 valence electrons. The minimum Gasteiger partial charge on any atom is -0.494 e. The van der Waals surface area contributed by atoms with E-state index in [-0.39, 0.29) is 16.2 Å². The van der Waals surface area contributed by atoms with Crippen molar-refractivity contribution in [2.45, 2.75) is 25.7 Å². The maximum atomic E-state index is 14.1. The zero-order valence-electron chi connectivity index (χ0n) is 13.0. The highest BCUT2D eigenvalue weighted by molar-refractivity contribution is 7.92. The van der Waals surface area contributed by atoms with Gasteiger partial charge in [-0.1, -0.05) is 5.16 Å². The number of hydrogen-bond donors (Lipinski definition) is 0. The van der Waals surface area contributed by atoms with Crippen LogP contribution in [0.2, 0.25) is 0 Å². The fourth-order valence-electron chi connectivity index (χ4n) is 2.28. The summed E-state index contributed by atoms with van der Waals surface area (Å²) in [5.74, 6) is -0.331. The van der Waals surface area contributed by atoms with Crippen LogP contribution in [0.3, 0.4) is 0 Å². The van der Waals surface area contributed by atoms with E-state index < -0.39 is 15.8 Å². The zero-order chi connectivity index (χ0) is 16.7. The SMILES string of the molecule is COc1ccc(S(=O)(=O)N(C)c2c(C)noc2C)c(C)c1F. The summed E-state index contributed by atoms with van der Waals surface area (Å²) in [5, 5.41) is 3.74. The van der Waals surface area contributed by atoms with Crippen molar-refractivity contribution in [3.63, 3.8) is 0 Å². The van der Waals surface area contributed by atoms with Crippen LogP contribution in [0.5, 0.6) is 5.75 Å². The molecule has 2 rings (SSSR count). The van der Waals surface area contributed by atoms with Crippen LogP contribution < -0.4 is 9.04 Å². The molecular weight excluding hydrogens is 311 g/mol. The van der Waals surface area contributed by atoms with E-state index >= 15 is 0 Å². The summed E-state index contributed by atoms with van der Waals surface area (Å²) >= 11 is 0. The first-order valence-corrected chi connectivity index (χ1v) is 7.90. The van der Waals surface area contributed by atoms with Gasteiger partial charge in [-0.2, -0.15) is 0 Å². The van der Waals surface area contributed by atoms with Gasteiger partial charge in [0.1, 0.15) is 11.4 Å². The topological polar surface area (TPSA) is 72.6 Å². The second-order valence-electron chi connectivity index (χ2n) is 4.85. The second-order valence-corrected chi connectivity index (χ2v) is 6.79. The predicted octanol–water partition coefficient (Wildman–Crippen LogP) is 2.57. The smallest absolute Gasteiger partial charge is 0.264 e. The standard InChI is InChI=1S/C14H17FN2O4S/c1-8-12(7-6-11(20-5)13(8)15)22(18,19)17(4)14-9(2)16-21-10(14)3/h6-7H,1-5H3. The van der Waals surface area contributed by atoms with Crippen molar-refractivity contribution in [2.24, 2.45) is 0 Å². The van der Waals surface area contributed by atoms with E-state index in [1.165, 1.54) is 33.2 Å². The number of benzene rings is 1. The highest BCUT2D eigenvalue weighted by Crippen LogP contribution is 2.32. The minimum absolute atomic E-state index is 0.00189. The maximum absolute atomic E-state index is 14.1. The van der Waals surface area contributed by atoms with Crippen LogP contribution in [0.25, 0.3) is 0 Å². The van der Waals surface area contributed by atoms with Gasteiger partial charge in [0.05, 0.1) is 12.0 Å². The summed E-state index contributed by atoms with van der Waals surface area (Å²) < 4.78 is 50.5. The minimum atomic E-state index is -3.95. The van der Waals surface area contributed by atoms with E-state index in [0.29, 0.717) is 17.1 Å². The van der Waals surface area contributed by atoms with Crippen molar-refractivity contribution in [2.75, 3.05) is 18.5 Å². The molecule has 22 heavy (non-hydrogen) atoms. The summed E-state index contributed by atoms with van der Waals surface area (Å²) in [6.07, 6.45) is 0. The van der Waals surface area contributed by atoms with E-state index in [2.05, 4.69) is 5.16 Å². The lowest BCUT2D eigenvalue weighted by molar-refractivity contribution is 0.384. The molecule has 1 heterocycles. The van der Waals surface area contributed by atoms with Gasteiger partial charge in [0.2, 0.25) is 0 Å². The first-order valence-electron chi connectivity index (χ1n) is 6.46. The van der Waals surface area contributed by atoms with Crippen molar-refractivity contribution in [3.8, 4) is 5.75 Å². The van der Waals surface area contributed by atoms with Crippen molar-refractivity contribution in [1.82, 2.24) is 5.16 Å². The molecule has 1 aromatic carbocycles. The van der Waals surface area contributed by atoms with Crippen LogP contribution in [0.4, 0.5) is 10.1 Å². The molecule has 0 spiro atoms. The fraction of sp³-hybridized carbons (Fsp3) is 0.357. The molecule has 0 saturated carbocycles. The lowest BCUT2D eigenvalue weighted by Gasteiger charge is -2.20. The number of halogens is 1. The Morgan fingerprint density at radius 3 is 2.41 bits per heavy atom. The quantitative estimate of drug-likeness (QED) is 0.862.